The third kappa shape index (κ3) is 6.89. The van der Waals surface area contributed by atoms with Crippen molar-refractivity contribution in [2.24, 2.45) is 5.16 Å². The van der Waals surface area contributed by atoms with Gasteiger partial charge in [0.05, 0.1) is 29.0 Å². The Balaban J connectivity index is 1.80. The number of ether oxygens (including phenoxy) is 1. The molecule has 0 unspecified atom stereocenters. The van der Waals surface area contributed by atoms with Crippen molar-refractivity contribution < 1.29 is 32.3 Å². The number of carbonyl (C=O) groups is 2. The fraction of sp³-hybridized carbons (Fsp3) is 0.148. The first-order valence-electron chi connectivity index (χ1n) is 10.7. The van der Waals surface area contributed by atoms with Crippen LogP contribution in [0.1, 0.15) is 35.3 Å². The molecule has 3 aromatic rings. The van der Waals surface area contributed by atoms with Crippen LogP contribution in [0, 0.1) is 0 Å². The van der Waals surface area contributed by atoms with Crippen molar-refractivity contribution in [1.29, 1.82) is 0 Å². The van der Waals surface area contributed by atoms with Crippen LogP contribution in [0.25, 0.3) is 17.2 Å². The van der Waals surface area contributed by atoms with Crippen LogP contribution in [0.3, 0.4) is 0 Å². The molecule has 0 spiro atoms. The van der Waals surface area contributed by atoms with Crippen LogP contribution in [0.2, 0.25) is 0 Å². The van der Waals surface area contributed by atoms with Crippen LogP contribution in [0.4, 0.5) is 13.2 Å². The van der Waals surface area contributed by atoms with E-state index in [2.05, 4.69) is 5.16 Å². The first-order chi connectivity index (χ1) is 16.7. The van der Waals surface area contributed by atoms with Crippen LogP contribution >= 0.6 is 0 Å². The van der Waals surface area contributed by atoms with Gasteiger partial charge < -0.3 is 9.57 Å². The Kier molecular flexibility index (Phi) is 8.20. The molecular formula is C27H22F3NO4. The smallest absolute Gasteiger partial charge is 0.416 e. The summed E-state index contributed by atoms with van der Waals surface area (Å²) >= 11 is 0. The van der Waals surface area contributed by atoms with E-state index in [1.807, 2.05) is 54.6 Å². The minimum absolute atomic E-state index is 0.0656. The summed E-state index contributed by atoms with van der Waals surface area (Å²) in [6.45, 7) is 3.24. The van der Waals surface area contributed by atoms with E-state index in [0.29, 0.717) is 5.56 Å². The third-order valence-corrected chi connectivity index (χ3v) is 4.93. The summed E-state index contributed by atoms with van der Waals surface area (Å²) in [5, 5.41) is 3.71. The molecule has 0 aliphatic rings. The lowest BCUT2D eigenvalue weighted by molar-refractivity contribution is -0.138. The maximum Gasteiger partial charge on any atom is 0.416 e. The Hall–Kier alpha value is -4.20. The summed E-state index contributed by atoms with van der Waals surface area (Å²) in [6.07, 6.45) is -2.96. The van der Waals surface area contributed by atoms with Crippen LogP contribution in [0.5, 0.6) is 0 Å². The molecule has 180 valence electrons. The molecule has 0 saturated carbocycles. The highest BCUT2D eigenvalue weighted by Gasteiger charge is 2.30. The third-order valence-electron chi connectivity index (χ3n) is 4.93. The molecule has 0 atom stereocenters. The zero-order valence-electron chi connectivity index (χ0n) is 19.0. The van der Waals surface area contributed by atoms with Crippen LogP contribution in [0.15, 0.2) is 89.6 Å². The van der Waals surface area contributed by atoms with E-state index in [9.17, 15) is 22.8 Å². The average Bonchev–Trinajstić information content (AvgIpc) is 2.86. The van der Waals surface area contributed by atoms with Gasteiger partial charge in [-0.3, -0.25) is 0 Å². The fourth-order valence-electron chi connectivity index (χ4n) is 3.10. The molecule has 3 rings (SSSR count). The van der Waals surface area contributed by atoms with Gasteiger partial charge in [0.15, 0.2) is 0 Å². The average molecular weight is 481 g/mol. The number of oxime groups is 1. The van der Waals surface area contributed by atoms with E-state index < -0.39 is 23.7 Å². The lowest BCUT2D eigenvalue weighted by Gasteiger charge is -2.08. The maximum absolute atomic E-state index is 12.7. The highest BCUT2D eigenvalue weighted by molar-refractivity contribution is 6.22. The zero-order chi connectivity index (χ0) is 25.4. The van der Waals surface area contributed by atoms with Crippen LogP contribution in [-0.4, -0.2) is 24.3 Å². The second-order valence-corrected chi connectivity index (χ2v) is 7.40. The van der Waals surface area contributed by atoms with E-state index in [4.69, 9.17) is 9.57 Å². The number of hydrogen-bond donors (Lipinski definition) is 0. The van der Waals surface area contributed by atoms with E-state index in [1.54, 1.807) is 13.0 Å². The van der Waals surface area contributed by atoms with Gasteiger partial charge in [-0.05, 0) is 60.9 Å². The fourth-order valence-corrected chi connectivity index (χ4v) is 3.10. The number of carbonyl (C=O) groups excluding carboxylic acids is 2. The Morgan fingerprint density at radius 1 is 0.886 bits per heavy atom. The maximum atomic E-state index is 12.7. The molecule has 0 amide bonds. The Bertz CT molecular complexity index is 1230. The van der Waals surface area contributed by atoms with E-state index >= 15 is 0 Å². The van der Waals surface area contributed by atoms with Gasteiger partial charge in [-0.2, -0.15) is 13.2 Å². The lowest BCUT2D eigenvalue weighted by atomic mass is 10.0. The van der Waals surface area contributed by atoms with Gasteiger partial charge in [-0.1, -0.05) is 59.8 Å². The number of alkyl halides is 3. The number of rotatable bonds is 7. The van der Waals surface area contributed by atoms with E-state index in [0.717, 1.165) is 35.4 Å². The monoisotopic (exact) mass is 481 g/mol. The summed E-state index contributed by atoms with van der Waals surface area (Å²) in [6, 6.07) is 20.8. The largest absolute Gasteiger partial charge is 0.462 e. The molecule has 0 fully saturated rings. The molecule has 0 saturated heterocycles. The molecule has 0 heterocycles. The molecule has 8 heteroatoms. The molecular weight excluding hydrogens is 459 g/mol. The molecule has 0 N–H and O–H groups in total. The highest BCUT2D eigenvalue weighted by Crippen LogP contribution is 2.29. The molecule has 0 aliphatic carbocycles. The molecule has 0 aromatic heterocycles. The lowest BCUT2D eigenvalue weighted by Crippen LogP contribution is -2.15. The number of halogens is 3. The number of esters is 1. The molecule has 5 nitrogen and oxygen atoms in total. The van der Waals surface area contributed by atoms with Crippen molar-refractivity contribution in [2.45, 2.75) is 20.0 Å². The summed E-state index contributed by atoms with van der Waals surface area (Å²) < 4.78 is 43.2. The predicted octanol–water partition coefficient (Wildman–Crippen LogP) is 6.55. The van der Waals surface area contributed by atoms with Gasteiger partial charge in [0.25, 0.3) is 0 Å². The topological polar surface area (TPSA) is 65.0 Å². The molecule has 3 aromatic carbocycles. The van der Waals surface area contributed by atoms with E-state index in [-0.39, 0.29) is 23.5 Å². The summed E-state index contributed by atoms with van der Waals surface area (Å²) in [7, 11) is 0. The quantitative estimate of drug-likeness (QED) is 0.126. The van der Waals surface area contributed by atoms with Crippen molar-refractivity contribution in [3.63, 3.8) is 0 Å². The summed E-state index contributed by atoms with van der Waals surface area (Å²) in [5.41, 5.74) is 1.86. The SMILES string of the molecule is CCOC(=O)C(=C/c1ccc(-c2ccccc2)cc1)/C(C)=N/OC(=O)c1ccc(C(F)(F)F)cc1. The first kappa shape index (κ1) is 25.4. The Labute approximate surface area is 200 Å². The first-order valence-corrected chi connectivity index (χ1v) is 10.7. The summed E-state index contributed by atoms with van der Waals surface area (Å²) in [4.78, 5) is 29.6. The van der Waals surface area contributed by atoms with Gasteiger partial charge in [0.1, 0.15) is 0 Å². The molecule has 35 heavy (non-hydrogen) atoms. The van der Waals surface area contributed by atoms with Crippen molar-refractivity contribution in [2.75, 3.05) is 6.61 Å². The van der Waals surface area contributed by atoms with Gasteiger partial charge in [-0.15, -0.1) is 0 Å². The molecule has 0 bridgehead atoms. The normalized spacial score (nSPS) is 12.3. The van der Waals surface area contributed by atoms with Crippen LogP contribution < -0.4 is 0 Å². The van der Waals surface area contributed by atoms with Crippen molar-refractivity contribution in [3.05, 3.63) is 101 Å². The Morgan fingerprint density at radius 2 is 1.49 bits per heavy atom. The van der Waals surface area contributed by atoms with Gasteiger partial charge >= 0.3 is 18.1 Å². The number of nitrogens with zero attached hydrogens (tertiary/aromatic N) is 1. The van der Waals surface area contributed by atoms with Crippen molar-refractivity contribution in [1.82, 2.24) is 0 Å². The van der Waals surface area contributed by atoms with Crippen LogP contribution in [-0.2, 0) is 20.5 Å². The highest BCUT2D eigenvalue weighted by atomic mass is 19.4. The van der Waals surface area contributed by atoms with E-state index in [1.165, 1.54) is 6.92 Å². The zero-order valence-corrected chi connectivity index (χ0v) is 19.0. The van der Waals surface area contributed by atoms with Gasteiger partial charge in [-0.25, -0.2) is 9.59 Å². The van der Waals surface area contributed by atoms with Crippen molar-refractivity contribution in [3.8, 4) is 11.1 Å². The number of benzene rings is 3. The van der Waals surface area contributed by atoms with Gasteiger partial charge in [0, 0.05) is 0 Å². The minimum Gasteiger partial charge on any atom is -0.462 e. The standard InChI is InChI=1S/C27H22F3NO4/c1-3-34-26(33)24(17-19-9-11-21(12-10-19)20-7-5-4-6-8-20)18(2)31-35-25(32)22-13-15-23(16-14-22)27(28,29)30/h4-17H,3H2,1-2H3/b24-17+,31-18+. The van der Waals surface area contributed by atoms with Crippen molar-refractivity contribution >= 4 is 23.7 Å². The van der Waals surface area contributed by atoms with Gasteiger partial charge in [0.2, 0.25) is 0 Å². The second kappa shape index (κ2) is 11.3. The predicted molar refractivity (Wildman–Crippen MR) is 126 cm³/mol. The molecule has 0 aliphatic heterocycles. The molecule has 0 radical (unpaired) electrons. The number of hydrogen-bond acceptors (Lipinski definition) is 5. The Morgan fingerprint density at radius 3 is 2.06 bits per heavy atom. The second-order valence-electron chi connectivity index (χ2n) is 7.40. The summed E-state index contributed by atoms with van der Waals surface area (Å²) in [5.74, 6) is -1.63. The minimum atomic E-state index is -4.52.